The normalized spacial score (nSPS) is 34.0. The Balaban J connectivity index is 2.29. The first-order chi connectivity index (χ1) is 5.27. The molecule has 64 valence electrons. The second kappa shape index (κ2) is 4.41. The summed E-state index contributed by atoms with van der Waals surface area (Å²) < 4.78 is 5.31. The molecule has 0 amide bonds. The number of thioether (sulfide) groups is 1. The van der Waals surface area contributed by atoms with Crippen molar-refractivity contribution in [3.05, 3.63) is 0 Å². The van der Waals surface area contributed by atoms with E-state index in [2.05, 4.69) is 26.5 Å². The highest BCUT2D eigenvalue weighted by atomic mass is 32.2. The molecule has 1 heterocycles. The molecule has 1 aliphatic rings. The molecule has 3 heteroatoms. The molecule has 1 aliphatic heterocycles. The van der Waals surface area contributed by atoms with Crippen LogP contribution in [0.15, 0.2) is 0 Å². The smallest absolute Gasteiger partial charge is 0.140 e. The van der Waals surface area contributed by atoms with Crippen LogP contribution in [-0.4, -0.2) is 32.0 Å². The third-order valence-electron chi connectivity index (χ3n) is 2.58. The third kappa shape index (κ3) is 2.41. The average Bonchev–Trinajstić information content (AvgIpc) is 2.50. The van der Waals surface area contributed by atoms with Crippen LogP contribution in [-0.2, 0) is 4.74 Å². The second-order valence-electron chi connectivity index (χ2n) is 3.32. The molecule has 1 unspecified atom stereocenters. The molecule has 0 aromatic heterocycles. The number of hydrogen-bond acceptors (Lipinski definition) is 2. The monoisotopic (exact) mass is 172 g/mol. The highest BCUT2D eigenvalue weighted by molar-refractivity contribution is 8.00. The predicted molar refractivity (Wildman–Crippen MR) is 54.0 cm³/mol. The summed E-state index contributed by atoms with van der Waals surface area (Å²) in [5.74, 6) is 2.29. The molecule has 0 bridgehead atoms. The molecule has 0 radical (unpaired) electrons. The molecule has 1 rings (SSSR count). The van der Waals surface area contributed by atoms with Gasteiger partial charge in [-0.1, -0.05) is 13.3 Å². The van der Waals surface area contributed by atoms with Gasteiger partial charge in [0.25, 0.3) is 0 Å². The highest BCUT2D eigenvalue weighted by Gasteiger charge is 2.27. The van der Waals surface area contributed by atoms with E-state index in [-0.39, 0.29) is 0 Å². The summed E-state index contributed by atoms with van der Waals surface area (Å²) in [5.41, 5.74) is 0. The molecule has 0 N–H and O–H groups in total. The lowest BCUT2D eigenvalue weighted by Crippen LogP contribution is -2.23. The van der Waals surface area contributed by atoms with Gasteiger partial charge in [-0.15, -0.1) is 0 Å². The van der Waals surface area contributed by atoms with Gasteiger partial charge in [0.2, 0.25) is 0 Å². The minimum Gasteiger partial charge on any atom is -0.389 e. The summed E-state index contributed by atoms with van der Waals surface area (Å²) in [7, 11) is 3.99. The number of methoxy groups -OCH3 is 1. The van der Waals surface area contributed by atoms with Crippen molar-refractivity contribution < 1.29 is 4.74 Å². The Hall–Kier alpha value is 0.375. The van der Waals surface area contributed by atoms with Crippen molar-refractivity contribution in [2.24, 2.45) is 5.92 Å². The van der Waals surface area contributed by atoms with Crippen LogP contribution < -0.4 is 0 Å². The van der Waals surface area contributed by atoms with Gasteiger partial charge in [0.15, 0.2) is 0 Å². The van der Waals surface area contributed by atoms with E-state index in [4.69, 9.17) is 4.74 Å². The number of hydrogen-bond donors (Lipinski definition) is 0. The lowest BCUT2D eigenvalue weighted by atomic mass is 9.90. The van der Waals surface area contributed by atoms with Gasteiger partial charge in [-0.25, -0.2) is 0 Å². The fraction of sp³-hybridized carbons (Fsp3) is 1.00. The quantitative estimate of drug-likeness (QED) is 0.590. The van der Waals surface area contributed by atoms with Gasteiger partial charge in [-0.05, 0) is 18.1 Å². The molecule has 1 nitrogen and oxygen atoms in total. The van der Waals surface area contributed by atoms with Crippen molar-refractivity contribution in [3.63, 3.8) is 0 Å². The van der Waals surface area contributed by atoms with Crippen LogP contribution in [0.3, 0.4) is 0 Å². The molecule has 0 aliphatic carbocycles. The molecular weight excluding hydrogens is 155 g/mol. The van der Waals surface area contributed by atoms with E-state index in [1.165, 1.54) is 18.6 Å². The van der Waals surface area contributed by atoms with Crippen molar-refractivity contribution in [2.75, 3.05) is 12.9 Å². The van der Waals surface area contributed by atoms with Crippen molar-refractivity contribution in [1.82, 2.24) is 0 Å². The number of rotatable bonds is 3. The Morgan fingerprint density at radius 1 is 1.73 bits per heavy atom. The summed E-state index contributed by atoms with van der Waals surface area (Å²) in [6.07, 6.45) is 2.69. The molecule has 11 heavy (non-hydrogen) atoms. The minimum atomic E-state index is 0.441. The Labute approximate surface area is 74.7 Å². The minimum absolute atomic E-state index is 0.441. The van der Waals surface area contributed by atoms with Gasteiger partial charge in [-0.3, -0.25) is 0 Å². The lowest BCUT2D eigenvalue weighted by molar-refractivity contribution is 0.160. The first-order valence-corrected chi connectivity index (χ1v) is 5.47. The molecular formula is C8H17BOS. The summed E-state index contributed by atoms with van der Waals surface area (Å²) in [6.45, 7) is 2.28. The Morgan fingerprint density at radius 2 is 2.45 bits per heavy atom. The maximum Gasteiger partial charge on any atom is 0.140 e. The zero-order chi connectivity index (χ0) is 8.27. The van der Waals surface area contributed by atoms with Gasteiger partial charge in [0, 0.05) is 18.4 Å². The Morgan fingerprint density at radius 3 is 2.91 bits per heavy atom. The largest absolute Gasteiger partial charge is 0.389 e. The first-order valence-electron chi connectivity index (χ1n) is 4.42. The zero-order valence-electron chi connectivity index (χ0n) is 7.67. The fourth-order valence-electron chi connectivity index (χ4n) is 1.49. The van der Waals surface area contributed by atoms with E-state index in [1.807, 2.05) is 7.11 Å². The lowest BCUT2D eigenvalue weighted by Gasteiger charge is -2.16. The van der Waals surface area contributed by atoms with Crippen molar-refractivity contribution in [1.29, 1.82) is 0 Å². The maximum absolute atomic E-state index is 5.31. The van der Waals surface area contributed by atoms with E-state index in [9.17, 15) is 0 Å². The van der Waals surface area contributed by atoms with E-state index in [0.717, 1.165) is 11.2 Å². The Bertz CT molecular complexity index is 121. The third-order valence-corrected chi connectivity index (χ3v) is 4.25. The molecule has 0 saturated carbocycles. The van der Waals surface area contributed by atoms with Crippen LogP contribution >= 0.6 is 11.8 Å². The van der Waals surface area contributed by atoms with Gasteiger partial charge in [0.05, 0.1) is 0 Å². The summed E-state index contributed by atoms with van der Waals surface area (Å²) in [6, 6.07) is 0.441. The summed E-state index contributed by atoms with van der Waals surface area (Å²) >= 11 is 2.08. The first kappa shape index (κ1) is 9.46. The van der Waals surface area contributed by atoms with Crippen LogP contribution in [0, 0.1) is 5.92 Å². The van der Waals surface area contributed by atoms with E-state index in [0.29, 0.717) is 6.00 Å². The van der Waals surface area contributed by atoms with Gasteiger partial charge in [-0.2, -0.15) is 11.8 Å². The van der Waals surface area contributed by atoms with E-state index < -0.39 is 0 Å². The number of ether oxygens (including phenoxy) is 1. The van der Waals surface area contributed by atoms with Crippen LogP contribution in [0.4, 0.5) is 0 Å². The van der Waals surface area contributed by atoms with Crippen molar-refractivity contribution in [3.8, 4) is 0 Å². The van der Waals surface area contributed by atoms with Crippen LogP contribution in [0.1, 0.15) is 19.8 Å². The maximum atomic E-state index is 5.31. The van der Waals surface area contributed by atoms with Crippen LogP contribution in [0.25, 0.3) is 0 Å². The highest BCUT2D eigenvalue weighted by Crippen LogP contribution is 2.34. The van der Waals surface area contributed by atoms with E-state index in [1.54, 1.807) is 0 Å². The molecule has 1 saturated heterocycles. The zero-order valence-corrected chi connectivity index (χ0v) is 8.49. The molecule has 0 spiro atoms. The summed E-state index contributed by atoms with van der Waals surface area (Å²) in [5, 5.41) is 0.755. The van der Waals surface area contributed by atoms with Gasteiger partial charge in [0.1, 0.15) is 7.85 Å². The van der Waals surface area contributed by atoms with Crippen molar-refractivity contribution in [2.45, 2.75) is 31.0 Å². The van der Waals surface area contributed by atoms with Crippen LogP contribution in [0.2, 0.25) is 0 Å². The van der Waals surface area contributed by atoms with Crippen molar-refractivity contribution >= 4 is 19.6 Å². The average molecular weight is 172 g/mol. The van der Waals surface area contributed by atoms with Gasteiger partial charge < -0.3 is 4.74 Å². The Kier molecular flexibility index (Phi) is 3.80. The van der Waals surface area contributed by atoms with Gasteiger partial charge >= 0.3 is 0 Å². The standard InChI is InChI=1S/C8H17BOS/c1-3-6-4-7(11-5-6)8(9)10-2/h6-8H,3-5,9H2,1-2H3/t6-,7?,8-/m1/s1. The summed E-state index contributed by atoms with van der Waals surface area (Å²) in [4.78, 5) is 0. The second-order valence-corrected chi connectivity index (χ2v) is 4.59. The van der Waals surface area contributed by atoms with Crippen LogP contribution in [0.5, 0.6) is 0 Å². The molecule has 3 atom stereocenters. The molecule has 0 aromatic carbocycles. The SMILES string of the molecule is B[C@H](OC)C1C[C@@H](CC)CS1. The predicted octanol–water partition coefficient (Wildman–Crippen LogP) is 1.12. The topological polar surface area (TPSA) is 9.23 Å². The molecule has 0 aromatic rings. The fourth-order valence-corrected chi connectivity index (χ4v) is 3.17. The molecule has 1 fully saturated rings. The van der Waals surface area contributed by atoms with E-state index >= 15 is 0 Å².